The minimum atomic E-state index is -0.581. The van der Waals surface area contributed by atoms with Gasteiger partial charge in [-0.25, -0.2) is 0 Å². The molecule has 0 radical (unpaired) electrons. The van der Waals surface area contributed by atoms with E-state index in [0.717, 1.165) is 23.1 Å². The molecular weight excluding hydrogens is 420 g/mol. The molecule has 3 aromatic carbocycles. The molecule has 2 atom stereocenters. The molecule has 0 spiro atoms. The third-order valence-corrected chi connectivity index (χ3v) is 6.22. The second-order valence-corrected chi connectivity index (χ2v) is 9.02. The summed E-state index contributed by atoms with van der Waals surface area (Å²) in [5.41, 5.74) is 4.38. The Labute approximate surface area is 204 Å². The number of benzene rings is 3. The number of aryl methyl sites for hydroxylation is 2. The maximum atomic E-state index is 13.6. The molecule has 1 N–H and O–H groups in total. The summed E-state index contributed by atoms with van der Waals surface area (Å²) in [7, 11) is 0. The van der Waals surface area contributed by atoms with Crippen LogP contribution in [0.3, 0.4) is 0 Å². The van der Waals surface area contributed by atoms with Crippen LogP contribution in [0.25, 0.3) is 0 Å². The number of hydrogen-bond donors (Lipinski definition) is 1. The molecule has 0 aromatic heterocycles. The van der Waals surface area contributed by atoms with Crippen molar-refractivity contribution >= 4 is 11.8 Å². The van der Waals surface area contributed by atoms with Gasteiger partial charge in [-0.3, -0.25) is 9.59 Å². The maximum Gasteiger partial charge on any atom is 0.243 e. The molecule has 4 nitrogen and oxygen atoms in total. The lowest BCUT2D eigenvalue weighted by atomic mass is 10.0. The zero-order valence-corrected chi connectivity index (χ0v) is 20.5. The van der Waals surface area contributed by atoms with Gasteiger partial charge in [-0.1, -0.05) is 97.4 Å². The number of rotatable bonds is 11. The molecule has 0 fully saturated rings. The number of carbonyl (C=O) groups excluding carboxylic acids is 2. The van der Waals surface area contributed by atoms with Gasteiger partial charge in [0.2, 0.25) is 11.8 Å². The summed E-state index contributed by atoms with van der Waals surface area (Å²) in [6.07, 6.45) is 2.32. The van der Waals surface area contributed by atoms with Crippen LogP contribution < -0.4 is 5.32 Å². The van der Waals surface area contributed by atoms with Gasteiger partial charge in [0.1, 0.15) is 6.04 Å². The third kappa shape index (κ3) is 7.58. The van der Waals surface area contributed by atoms with Gasteiger partial charge in [-0.15, -0.1) is 0 Å². The molecular formula is C30H36N2O2. The van der Waals surface area contributed by atoms with Gasteiger partial charge in [0.25, 0.3) is 0 Å². The van der Waals surface area contributed by atoms with Crippen LogP contribution in [0.2, 0.25) is 0 Å². The summed E-state index contributed by atoms with van der Waals surface area (Å²) in [6.45, 7) is 6.50. The van der Waals surface area contributed by atoms with Crippen molar-refractivity contribution in [2.45, 2.75) is 65.1 Å². The predicted octanol–water partition coefficient (Wildman–Crippen LogP) is 5.48. The molecule has 0 aliphatic heterocycles. The van der Waals surface area contributed by atoms with E-state index >= 15 is 0 Å². The van der Waals surface area contributed by atoms with Crippen molar-refractivity contribution in [3.63, 3.8) is 0 Å². The predicted molar refractivity (Wildman–Crippen MR) is 138 cm³/mol. The molecule has 34 heavy (non-hydrogen) atoms. The third-order valence-electron chi connectivity index (χ3n) is 6.22. The van der Waals surface area contributed by atoms with Gasteiger partial charge in [0, 0.05) is 25.4 Å². The van der Waals surface area contributed by atoms with Crippen molar-refractivity contribution < 1.29 is 9.59 Å². The molecule has 2 amide bonds. The highest BCUT2D eigenvalue weighted by Gasteiger charge is 2.30. The molecule has 178 valence electrons. The fourth-order valence-corrected chi connectivity index (χ4v) is 3.92. The first-order valence-corrected chi connectivity index (χ1v) is 12.2. The Kier molecular flexibility index (Phi) is 9.45. The fraction of sp³-hybridized carbons (Fsp3) is 0.333. The van der Waals surface area contributed by atoms with E-state index in [4.69, 9.17) is 0 Å². The molecule has 0 aliphatic rings. The van der Waals surface area contributed by atoms with E-state index in [-0.39, 0.29) is 17.9 Å². The Morgan fingerprint density at radius 2 is 1.41 bits per heavy atom. The Bertz CT molecular complexity index is 1030. The van der Waals surface area contributed by atoms with Crippen molar-refractivity contribution in [1.29, 1.82) is 0 Å². The highest BCUT2D eigenvalue weighted by molar-refractivity contribution is 5.88. The number of hydrogen-bond acceptors (Lipinski definition) is 2. The largest absolute Gasteiger partial charge is 0.352 e. The van der Waals surface area contributed by atoms with E-state index < -0.39 is 6.04 Å². The normalized spacial score (nSPS) is 12.6. The lowest BCUT2D eigenvalue weighted by Gasteiger charge is -2.32. The van der Waals surface area contributed by atoms with Gasteiger partial charge in [-0.05, 0) is 43.4 Å². The van der Waals surface area contributed by atoms with Crippen LogP contribution in [0, 0.1) is 6.92 Å². The summed E-state index contributed by atoms with van der Waals surface area (Å²) in [5, 5.41) is 3.12. The first-order valence-electron chi connectivity index (χ1n) is 12.2. The first kappa shape index (κ1) is 25.2. The van der Waals surface area contributed by atoms with Crippen LogP contribution in [0.15, 0.2) is 84.9 Å². The number of nitrogens with zero attached hydrogens (tertiary/aromatic N) is 1. The zero-order valence-electron chi connectivity index (χ0n) is 20.5. The quantitative estimate of drug-likeness (QED) is 0.415. The summed E-state index contributed by atoms with van der Waals surface area (Å²) < 4.78 is 0. The van der Waals surface area contributed by atoms with Crippen LogP contribution in [-0.2, 0) is 29.0 Å². The molecule has 0 aliphatic carbocycles. The van der Waals surface area contributed by atoms with Crippen LogP contribution in [0.4, 0.5) is 0 Å². The van der Waals surface area contributed by atoms with E-state index in [1.807, 2.05) is 74.5 Å². The minimum Gasteiger partial charge on any atom is -0.352 e. The molecule has 0 saturated heterocycles. The summed E-state index contributed by atoms with van der Waals surface area (Å²) in [6, 6.07) is 27.6. The van der Waals surface area contributed by atoms with Gasteiger partial charge < -0.3 is 10.2 Å². The molecule has 2 unspecified atom stereocenters. The standard InChI is InChI=1S/C30H36N2O2/c1-4-24(3)31-30(34)28(21-26-11-7-5-8-12-26)32(22-27-13-9-6-10-14-27)29(33)20-19-25-17-15-23(2)16-18-25/h5-18,24,28H,4,19-22H2,1-3H3,(H,31,34). The average Bonchev–Trinajstić information content (AvgIpc) is 2.86. The SMILES string of the molecule is CCC(C)NC(=O)C(Cc1ccccc1)N(Cc1ccccc1)C(=O)CCc1ccc(C)cc1. The Balaban J connectivity index is 1.88. The number of carbonyl (C=O) groups is 2. The van der Waals surface area contributed by atoms with Gasteiger partial charge in [0.15, 0.2) is 0 Å². The average molecular weight is 457 g/mol. The molecule has 3 rings (SSSR count). The lowest BCUT2D eigenvalue weighted by molar-refractivity contribution is -0.141. The van der Waals surface area contributed by atoms with E-state index in [9.17, 15) is 9.59 Å². The molecule has 0 heterocycles. The second-order valence-electron chi connectivity index (χ2n) is 9.02. The molecule has 3 aromatic rings. The van der Waals surface area contributed by atoms with Crippen molar-refractivity contribution in [2.24, 2.45) is 0 Å². The fourth-order valence-electron chi connectivity index (χ4n) is 3.92. The maximum absolute atomic E-state index is 13.6. The van der Waals surface area contributed by atoms with E-state index in [1.54, 1.807) is 4.90 Å². The van der Waals surface area contributed by atoms with Crippen LogP contribution in [0.5, 0.6) is 0 Å². The molecule has 0 bridgehead atoms. The van der Waals surface area contributed by atoms with Crippen molar-refractivity contribution in [3.05, 3.63) is 107 Å². The van der Waals surface area contributed by atoms with Gasteiger partial charge in [-0.2, -0.15) is 0 Å². The highest BCUT2D eigenvalue weighted by atomic mass is 16.2. The lowest BCUT2D eigenvalue weighted by Crippen LogP contribution is -2.52. The molecule has 0 saturated carbocycles. The van der Waals surface area contributed by atoms with E-state index in [0.29, 0.717) is 25.8 Å². The van der Waals surface area contributed by atoms with Crippen LogP contribution >= 0.6 is 0 Å². The number of nitrogens with one attached hydrogen (secondary N) is 1. The first-order chi connectivity index (χ1) is 16.5. The monoisotopic (exact) mass is 456 g/mol. The minimum absolute atomic E-state index is 0.00957. The van der Waals surface area contributed by atoms with Crippen molar-refractivity contribution in [3.8, 4) is 0 Å². The topological polar surface area (TPSA) is 49.4 Å². The van der Waals surface area contributed by atoms with Crippen LogP contribution in [-0.4, -0.2) is 28.8 Å². The smallest absolute Gasteiger partial charge is 0.243 e. The highest BCUT2D eigenvalue weighted by Crippen LogP contribution is 2.17. The van der Waals surface area contributed by atoms with Gasteiger partial charge >= 0.3 is 0 Å². The number of amides is 2. The zero-order chi connectivity index (χ0) is 24.3. The summed E-state index contributed by atoms with van der Waals surface area (Å²) >= 11 is 0. The Morgan fingerprint density at radius 1 is 0.824 bits per heavy atom. The van der Waals surface area contributed by atoms with E-state index in [2.05, 4.69) is 36.5 Å². The van der Waals surface area contributed by atoms with Crippen molar-refractivity contribution in [1.82, 2.24) is 10.2 Å². The second kappa shape index (κ2) is 12.7. The van der Waals surface area contributed by atoms with Crippen LogP contribution in [0.1, 0.15) is 48.9 Å². The van der Waals surface area contributed by atoms with Gasteiger partial charge in [0.05, 0.1) is 0 Å². The van der Waals surface area contributed by atoms with E-state index in [1.165, 1.54) is 5.56 Å². The molecule has 4 heteroatoms. The van der Waals surface area contributed by atoms with Crippen molar-refractivity contribution in [2.75, 3.05) is 0 Å². The Morgan fingerprint density at radius 3 is 2.00 bits per heavy atom. The Hall–Kier alpha value is -3.40. The summed E-state index contributed by atoms with van der Waals surface area (Å²) in [5.74, 6) is -0.109. The summed E-state index contributed by atoms with van der Waals surface area (Å²) in [4.78, 5) is 28.9.